The Hall–Kier alpha value is -1.87. The largest absolute Gasteiger partial charge is 0.496 e. The van der Waals surface area contributed by atoms with Crippen LogP contribution in [0.1, 0.15) is 59.2 Å². The van der Waals surface area contributed by atoms with Crippen molar-refractivity contribution < 1.29 is 4.74 Å². The minimum Gasteiger partial charge on any atom is -0.496 e. The molecule has 1 saturated heterocycles. The fourth-order valence-electron chi connectivity index (χ4n) is 4.85. The number of hydrogen-bond donors (Lipinski definition) is 1. The highest BCUT2D eigenvalue weighted by Crippen LogP contribution is 2.45. The van der Waals surface area contributed by atoms with Gasteiger partial charge in [0.15, 0.2) is 0 Å². The lowest BCUT2D eigenvalue weighted by Gasteiger charge is -2.33. The summed E-state index contributed by atoms with van der Waals surface area (Å²) in [6.07, 6.45) is 7.72. The number of aryl methyl sites for hydroxylation is 4. The van der Waals surface area contributed by atoms with Gasteiger partial charge in [-0.15, -0.1) is 0 Å². The Morgan fingerprint density at radius 3 is 2.62 bits per heavy atom. The third-order valence-electron chi connectivity index (χ3n) is 6.18. The molecule has 1 aromatic heterocycles. The van der Waals surface area contributed by atoms with Crippen LogP contribution in [0.5, 0.6) is 5.75 Å². The maximum Gasteiger partial charge on any atom is 0.123 e. The quantitative estimate of drug-likeness (QED) is 0.901. The molecule has 26 heavy (non-hydrogen) atoms. The minimum atomic E-state index is 0.353. The van der Waals surface area contributed by atoms with E-state index in [1.165, 1.54) is 46.4 Å². The number of nitrogens with one attached hydrogen (secondary N) is 1. The van der Waals surface area contributed by atoms with Crippen molar-refractivity contribution in [3.8, 4) is 5.75 Å². The molecule has 1 unspecified atom stereocenters. The van der Waals surface area contributed by atoms with Crippen LogP contribution in [-0.4, -0.2) is 25.2 Å². The summed E-state index contributed by atoms with van der Waals surface area (Å²) in [7, 11) is 1.81. The van der Waals surface area contributed by atoms with Gasteiger partial charge in [-0.25, -0.2) is 0 Å². The minimum absolute atomic E-state index is 0.353. The number of ether oxygens (including phenoxy) is 1. The van der Waals surface area contributed by atoms with Crippen molar-refractivity contribution in [3.05, 3.63) is 57.9 Å². The number of benzene rings is 1. The Bertz CT molecular complexity index is 793. The molecule has 1 aliphatic heterocycles. The molecule has 0 spiro atoms. The maximum absolute atomic E-state index is 5.89. The van der Waals surface area contributed by atoms with Gasteiger partial charge < -0.3 is 10.1 Å². The summed E-state index contributed by atoms with van der Waals surface area (Å²) in [5, 5.41) is 3.52. The lowest BCUT2D eigenvalue weighted by molar-refractivity contribution is 0.329. The Kier molecular flexibility index (Phi) is 4.99. The summed E-state index contributed by atoms with van der Waals surface area (Å²) < 4.78 is 5.89. The molecule has 1 atom stereocenters. The fourth-order valence-corrected chi connectivity index (χ4v) is 4.85. The van der Waals surface area contributed by atoms with E-state index in [1.54, 1.807) is 0 Å². The Morgan fingerprint density at radius 1 is 1.12 bits per heavy atom. The predicted molar refractivity (Wildman–Crippen MR) is 106 cm³/mol. The standard InChI is InChI=1S/C23H30N2O/c1-4-16-13-19-6-5-18-11-15(2)12-20(26-3)21(18)22(23(19)25-14-16)17-7-9-24-10-8-17/h11-14,17,22,24H,4-10H2,1-3H3. The zero-order chi connectivity index (χ0) is 18.1. The van der Waals surface area contributed by atoms with Gasteiger partial charge in [0.05, 0.1) is 12.8 Å². The molecule has 0 bridgehead atoms. The summed E-state index contributed by atoms with van der Waals surface area (Å²) in [5.74, 6) is 2.03. The number of rotatable bonds is 3. The van der Waals surface area contributed by atoms with Crippen LogP contribution in [0, 0.1) is 12.8 Å². The van der Waals surface area contributed by atoms with Crippen molar-refractivity contribution in [3.63, 3.8) is 0 Å². The van der Waals surface area contributed by atoms with E-state index in [0.29, 0.717) is 11.8 Å². The van der Waals surface area contributed by atoms with Crippen LogP contribution >= 0.6 is 0 Å². The van der Waals surface area contributed by atoms with Crippen molar-refractivity contribution >= 4 is 0 Å². The Balaban J connectivity index is 1.91. The molecule has 1 N–H and O–H groups in total. The molecule has 0 amide bonds. The van der Waals surface area contributed by atoms with Crippen molar-refractivity contribution in [2.45, 2.75) is 51.9 Å². The molecule has 2 aromatic rings. The first-order valence-electron chi connectivity index (χ1n) is 10.1. The van der Waals surface area contributed by atoms with Gasteiger partial charge in [-0.1, -0.05) is 19.1 Å². The fraction of sp³-hybridized carbons (Fsp3) is 0.522. The molecule has 0 radical (unpaired) electrons. The molecule has 4 rings (SSSR count). The van der Waals surface area contributed by atoms with Gasteiger partial charge in [0.2, 0.25) is 0 Å². The first-order valence-corrected chi connectivity index (χ1v) is 10.1. The molecule has 1 fully saturated rings. The van der Waals surface area contributed by atoms with Crippen LogP contribution in [0.4, 0.5) is 0 Å². The van der Waals surface area contributed by atoms with Crippen LogP contribution in [0.15, 0.2) is 24.4 Å². The first-order chi connectivity index (χ1) is 12.7. The van der Waals surface area contributed by atoms with Crippen molar-refractivity contribution in [2.24, 2.45) is 5.92 Å². The van der Waals surface area contributed by atoms with Gasteiger partial charge in [-0.3, -0.25) is 4.98 Å². The number of fused-ring (bicyclic) bond motifs is 2. The molecule has 3 heteroatoms. The van der Waals surface area contributed by atoms with E-state index in [9.17, 15) is 0 Å². The van der Waals surface area contributed by atoms with Gasteiger partial charge in [0.1, 0.15) is 5.75 Å². The number of hydrogen-bond acceptors (Lipinski definition) is 3. The second kappa shape index (κ2) is 7.40. The summed E-state index contributed by atoms with van der Waals surface area (Å²) in [4.78, 5) is 5.03. The zero-order valence-corrected chi connectivity index (χ0v) is 16.3. The highest BCUT2D eigenvalue weighted by atomic mass is 16.5. The number of piperidine rings is 1. The molecular weight excluding hydrogens is 320 g/mol. The molecule has 138 valence electrons. The molecule has 3 nitrogen and oxygen atoms in total. The molecule has 1 aromatic carbocycles. The van der Waals surface area contributed by atoms with Crippen LogP contribution in [-0.2, 0) is 19.3 Å². The average Bonchev–Trinajstić information content (AvgIpc) is 2.84. The summed E-state index contributed by atoms with van der Waals surface area (Å²) in [5.41, 5.74) is 8.25. The lowest BCUT2D eigenvalue weighted by Crippen LogP contribution is -2.32. The second-order valence-electron chi connectivity index (χ2n) is 7.85. The van der Waals surface area contributed by atoms with Crippen molar-refractivity contribution in [1.82, 2.24) is 10.3 Å². The van der Waals surface area contributed by atoms with E-state index in [2.05, 4.69) is 43.6 Å². The number of methoxy groups -OCH3 is 1. The van der Waals surface area contributed by atoms with Crippen LogP contribution in [0.3, 0.4) is 0 Å². The number of nitrogens with zero attached hydrogens (tertiary/aromatic N) is 1. The normalized spacial score (nSPS) is 20.2. The third-order valence-corrected chi connectivity index (χ3v) is 6.18. The Morgan fingerprint density at radius 2 is 1.88 bits per heavy atom. The van der Waals surface area contributed by atoms with E-state index < -0.39 is 0 Å². The zero-order valence-electron chi connectivity index (χ0n) is 16.3. The van der Waals surface area contributed by atoms with Gasteiger partial charge in [0.25, 0.3) is 0 Å². The van der Waals surface area contributed by atoms with Gasteiger partial charge in [-0.05, 0) is 86.4 Å². The smallest absolute Gasteiger partial charge is 0.123 e. The van der Waals surface area contributed by atoms with Crippen LogP contribution in [0.25, 0.3) is 0 Å². The van der Waals surface area contributed by atoms with E-state index in [1.807, 2.05) is 7.11 Å². The highest BCUT2D eigenvalue weighted by molar-refractivity contribution is 5.52. The Labute approximate surface area is 157 Å². The van der Waals surface area contributed by atoms with E-state index in [0.717, 1.165) is 38.1 Å². The predicted octanol–water partition coefficient (Wildman–Crippen LogP) is 4.19. The molecule has 1 aliphatic carbocycles. The lowest BCUT2D eigenvalue weighted by atomic mass is 9.76. The summed E-state index contributed by atoms with van der Waals surface area (Å²) in [6, 6.07) is 6.98. The van der Waals surface area contributed by atoms with Crippen molar-refractivity contribution in [1.29, 1.82) is 0 Å². The van der Waals surface area contributed by atoms with Gasteiger partial charge in [-0.2, -0.15) is 0 Å². The van der Waals surface area contributed by atoms with E-state index in [-0.39, 0.29) is 0 Å². The van der Waals surface area contributed by atoms with Gasteiger partial charge in [0, 0.05) is 17.7 Å². The second-order valence-corrected chi connectivity index (χ2v) is 7.85. The monoisotopic (exact) mass is 350 g/mol. The molecule has 0 saturated carbocycles. The van der Waals surface area contributed by atoms with Crippen molar-refractivity contribution in [2.75, 3.05) is 20.2 Å². The van der Waals surface area contributed by atoms with Gasteiger partial charge >= 0.3 is 0 Å². The number of aromatic nitrogens is 1. The highest BCUT2D eigenvalue weighted by Gasteiger charge is 2.34. The number of pyridine rings is 1. The average molecular weight is 351 g/mol. The molecular formula is C23H30N2O. The summed E-state index contributed by atoms with van der Waals surface area (Å²) >= 11 is 0. The molecule has 2 heterocycles. The van der Waals surface area contributed by atoms with Crippen LogP contribution < -0.4 is 10.1 Å². The van der Waals surface area contributed by atoms with Crippen LogP contribution in [0.2, 0.25) is 0 Å². The molecule has 2 aliphatic rings. The topological polar surface area (TPSA) is 34.1 Å². The van der Waals surface area contributed by atoms with E-state index in [4.69, 9.17) is 9.72 Å². The third kappa shape index (κ3) is 3.14. The first kappa shape index (κ1) is 17.5. The maximum atomic E-state index is 5.89. The SMILES string of the molecule is CCc1cnc2c(c1)CCc1cc(C)cc(OC)c1C2C1CCNCC1. The van der Waals surface area contributed by atoms with E-state index >= 15 is 0 Å². The summed E-state index contributed by atoms with van der Waals surface area (Å²) in [6.45, 7) is 6.60.